The fourth-order valence-corrected chi connectivity index (χ4v) is 4.70. The van der Waals surface area contributed by atoms with Crippen molar-refractivity contribution in [3.8, 4) is 0 Å². The number of aliphatic imine (C=N–C) groups is 1. The van der Waals surface area contributed by atoms with Crippen molar-refractivity contribution in [2.24, 2.45) is 4.99 Å². The molecule has 0 unspecified atom stereocenters. The summed E-state index contributed by atoms with van der Waals surface area (Å²) >= 11 is 3.44. The molecule has 30 heavy (non-hydrogen) atoms. The standard InChI is InChI=1S/C24H26BrN3O2/c1-16-6-11-20(17(2)14-16)26-21(29)15-28-23(30)22(18-7-9-19(25)10-8-18)27-24(28)12-4-3-5-13-24/h6-11,14H,3-5,12-13,15H2,1-2H3,(H,26,29). The summed E-state index contributed by atoms with van der Waals surface area (Å²) in [6.07, 6.45) is 4.77. The number of hydrogen-bond acceptors (Lipinski definition) is 3. The lowest BCUT2D eigenvalue weighted by molar-refractivity contribution is -0.134. The van der Waals surface area contributed by atoms with Gasteiger partial charge in [-0.3, -0.25) is 14.6 Å². The summed E-state index contributed by atoms with van der Waals surface area (Å²) in [5.74, 6) is -0.345. The average Bonchev–Trinajstić information content (AvgIpc) is 2.97. The van der Waals surface area contributed by atoms with Crippen LogP contribution in [-0.4, -0.2) is 34.6 Å². The molecule has 2 aromatic carbocycles. The molecule has 1 aliphatic heterocycles. The molecule has 0 aromatic heterocycles. The molecule has 1 spiro atoms. The van der Waals surface area contributed by atoms with Crippen LogP contribution >= 0.6 is 15.9 Å². The number of amides is 2. The van der Waals surface area contributed by atoms with Gasteiger partial charge in [0, 0.05) is 15.7 Å². The Morgan fingerprint density at radius 2 is 1.80 bits per heavy atom. The molecule has 0 bridgehead atoms. The molecule has 156 valence electrons. The van der Waals surface area contributed by atoms with Crippen LogP contribution in [0, 0.1) is 13.8 Å². The highest BCUT2D eigenvalue weighted by molar-refractivity contribution is 9.10. The maximum absolute atomic E-state index is 13.4. The zero-order chi connectivity index (χ0) is 21.3. The zero-order valence-corrected chi connectivity index (χ0v) is 19.0. The summed E-state index contributed by atoms with van der Waals surface area (Å²) in [6, 6.07) is 13.5. The summed E-state index contributed by atoms with van der Waals surface area (Å²) < 4.78 is 0.953. The fourth-order valence-electron chi connectivity index (χ4n) is 4.43. The molecule has 2 aromatic rings. The maximum atomic E-state index is 13.4. The Bertz CT molecular complexity index is 1010. The van der Waals surface area contributed by atoms with Gasteiger partial charge in [0.25, 0.3) is 5.91 Å². The average molecular weight is 468 g/mol. The first-order valence-corrected chi connectivity index (χ1v) is 11.2. The van der Waals surface area contributed by atoms with E-state index in [9.17, 15) is 9.59 Å². The van der Waals surface area contributed by atoms with Gasteiger partial charge in [-0.1, -0.05) is 52.2 Å². The summed E-state index contributed by atoms with van der Waals surface area (Å²) in [5, 5.41) is 2.98. The van der Waals surface area contributed by atoms with Crippen LogP contribution in [0.15, 0.2) is 51.9 Å². The van der Waals surface area contributed by atoms with E-state index < -0.39 is 5.66 Å². The second-order valence-electron chi connectivity index (χ2n) is 8.27. The second-order valence-corrected chi connectivity index (χ2v) is 9.18. The number of carbonyl (C=O) groups excluding carboxylic acids is 2. The summed E-state index contributed by atoms with van der Waals surface area (Å²) in [4.78, 5) is 32.9. The van der Waals surface area contributed by atoms with E-state index in [-0.39, 0.29) is 18.4 Å². The predicted molar refractivity (Wildman–Crippen MR) is 123 cm³/mol. The van der Waals surface area contributed by atoms with E-state index in [1.807, 2.05) is 56.3 Å². The molecule has 1 N–H and O–H groups in total. The smallest absolute Gasteiger partial charge is 0.275 e. The van der Waals surface area contributed by atoms with Gasteiger partial charge in [0.05, 0.1) is 0 Å². The molecule has 0 saturated heterocycles. The Balaban J connectivity index is 1.58. The van der Waals surface area contributed by atoms with Gasteiger partial charge in [-0.05, 0) is 63.3 Å². The van der Waals surface area contributed by atoms with Crippen molar-refractivity contribution in [3.63, 3.8) is 0 Å². The Morgan fingerprint density at radius 1 is 1.10 bits per heavy atom. The van der Waals surface area contributed by atoms with Crippen molar-refractivity contribution in [3.05, 3.63) is 63.6 Å². The molecule has 1 fully saturated rings. The third-order valence-corrected chi connectivity index (χ3v) is 6.53. The van der Waals surface area contributed by atoms with Crippen molar-refractivity contribution in [1.29, 1.82) is 0 Å². The number of nitrogens with zero attached hydrogens (tertiary/aromatic N) is 2. The van der Waals surface area contributed by atoms with Crippen LogP contribution in [0.2, 0.25) is 0 Å². The van der Waals surface area contributed by atoms with Crippen LogP contribution in [0.4, 0.5) is 5.69 Å². The van der Waals surface area contributed by atoms with E-state index in [0.29, 0.717) is 5.71 Å². The number of anilines is 1. The number of nitrogens with one attached hydrogen (secondary N) is 1. The minimum absolute atomic E-state index is 0.00960. The van der Waals surface area contributed by atoms with Crippen molar-refractivity contribution < 1.29 is 9.59 Å². The molecule has 1 aliphatic carbocycles. The number of aryl methyl sites for hydroxylation is 2. The molecule has 4 rings (SSSR count). The number of hydrogen-bond donors (Lipinski definition) is 1. The molecular formula is C24H26BrN3O2. The van der Waals surface area contributed by atoms with Crippen LogP contribution < -0.4 is 5.32 Å². The summed E-state index contributed by atoms with van der Waals surface area (Å²) in [5.41, 5.74) is 3.60. The van der Waals surface area contributed by atoms with Crippen LogP contribution in [0.5, 0.6) is 0 Å². The molecule has 5 nitrogen and oxygen atoms in total. The Kier molecular flexibility index (Phi) is 5.78. The lowest BCUT2D eigenvalue weighted by Crippen LogP contribution is -2.51. The van der Waals surface area contributed by atoms with Gasteiger partial charge in [-0.2, -0.15) is 0 Å². The van der Waals surface area contributed by atoms with E-state index in [1.165, 1.54) is 0 Å². The van der Waals surface area contributed by atoms with Crippen molar-refractivity contribution in [2.75, 3.05) is 11.9 Å². The molecule has 2 amide bonds. The third-order valence-electron chi connectivity index (χ3n) is 6.00. The number of rotatable bonds is 4. The van der Waals surface area contributed by atoms with Gasteiger partial charge >= 0.3 is 0 Å². The third kappa shape index (κ3) is 4.06. The van der Waals surface area contributed by atoms with Gasteiger partial charge in [-0.15, -0.1) is 0 Å². The lowest BCUT2D eigenvalue weighted by Gasteiger charge is -2.38. The van der Waals surface area contributed by atoms with Crippen molar-refractivity contribution in [2.45, 2.75) is 51.6 Å². The summed E-state index contributed by atoms with van der Waals surface area (Å²) in [6.45, 7) is 4.01. The highest BCUT2D eigenvalue weighted by atomic mass is 79.9. The van der Waals surface area contributed by atoms with Crippen molar-refractivity contribution >= 4 is 39.1 Å². The van der Waals surface area contributed by atoms with Crippen LogP contribution in [0.1, 0.15) is 48.8 Å². The minimum atomic E-state index is -0.600. The molecule has 1 saturated carbocycles. The predicted octanol–water partition coefficient (Wildman–Crippen LogP) is 5.00. The monoisotopic (exact) mass is 467 g/mol. The molecule has 1 heterocycles. The first kappa shape index (κ1) is 20.8. The Morgan fingerprint density at radius 3 is 2.47 bits per heavy atom. The highest BCUT2D eigenvalue weighted by Crippen LogP contribution is 2.39. The Hall–Kier alpha value is -2.47. The van der Waals surface area contributed by atoms with Crippen LogP contribution in [0.3, 0.4) is 0 Å². The van der Waals surface area contributed by atoms with Gasteiger partial charge in [0.15, 0.2) is 0 Å². The van der Waals surface area contributed by atoms with E-state index in [4.69, 9.17) is 4.99 Å². The van der Waals surface area contributed by atoms with Crippen LogP contribution in [-0.2, 0) is 9.59 Å². The van der Waals surface area contributed by atoms with E-state index in [1.54, 1.807) is 4.90 Å². The number of carbonyl (C=O) groups is 2. The van der Waals surface area contributed by atoms with Gasteiger partial charge in [-0.25, -0.2) is 0 Å². The van der Waals surface area contributed by atoms with E-state index in [0.717, 1.165) is 59.0 Å². The molecule has 0 radical (unpaired) electrons. The SMILES string of the molecule is Cc1ccc(NC(=O)CN2C(=O)C(c3ccc(Br)cc3)=NC23CCCCC3)c(C)c1. The first-order valence-electron chi connectivity index (χ1n) is 10.4. The maximum Gasteiger partial charge on any atom is 0.275 e. The molecule has 0 atom stereocenters. The second kappa shape index (κ2) is 8.34. The summed E-state index contributed by atoms with van der Waals surface area (Å²) in [7, 11) is 0. The number of halogens is 1. The molecule has 6 heteroatoms. The van der Waals surface area contributed by atoms with E-state index >= 15 is 0 Å². The van der Waals surface area contributed by atoms with Gasteiger partial charge < -0.3 is 10.2 Å². The molecule has 2 aliphatic rings. The quantitative estimate of drug-likeness (QED) is 0.687. The van der Waals surface area contributed by atoms with Gasteiger partial charge in [0.1, 0.15) is 17.9 Å². The van der Waals surface area contributed by atoms with Crippen LogP contribution in [0.25, 0.3) is 0 Å². The van der Waals surface area contributed by atoms with E-state index in [2.05, 4.69) is 21.2 Å². The molecular weight excluding hydrogens is 442 g/mol. The zero-order valence-electron chi connectivity index (χ0n) is 17.4. The largest absolute Gasteiger partial charge is 0.324 e. The highest BCUT2D eigenvalue weighted by Gasteiger charge is 2.48. The minimum Gasteiger partial charge on any atom is -0.324 e. The van der Waals surface area contributed by atoms with Gasteiger partial charge in [0.2, 0.25) is 5.91 Å². The Labute approximate surface area is 185 Å². The van der Waals surface area contributed by atoms with Crippen molar-refractivity contribution in [1.82, 2.24) is 4.90 Å². The lowest BCUT2D eigenvalue weighted by atomic mass is 9.88. The first-order chi connectivity index (χ1) is 14.4. The topological polar surface area (TPSA) is 61.8 Å². The number of benzene rings is 2. The fraction of sp³-hybridized carbons (Fsp3) is 0.375. The normalized spacial score (nSPS) is 17.9.